The van der Waals surface area contributed by atoms with E-state index in [4.69, 9.17) is 5.73 Å². The van der Waals surface area contributed by atoms with Crippen LogP contribution in [-0.2, 0) is 6.18 Å². The van der Waals surface area contributed by atoms with Gasteiger partial charge in [-0.05, 0) is 11.6 Å². The maximum atomic E-state index is 12.9. The van der Waals surface area contributed by atoms with Gasteiger partial charge in [-0.25, -0.2) is 0 Å². The Balaban J connectivity index is 2.40. The summed E-state index contributed by atoms with van der Waals surface area (Å²) in [7, 11) is 0. The first-order valence-corrected chi connectivity index (χ1v) is 5.77. The number of aromatic nitrogens is 1. The molecule has 2 aromatic rings. The third-order valence-electron chi connectivity index (χ3n) is 2.83. The van der Waals surface area contributed by atoms with Gasteiger partial charge in [-0.1, -0.05) is 30.3 Å². The molecule has 2 rings (SSSR count). The summed E-state index contributed by atoms with van der Waals surface area (Å²) in [4.78, 5) is 15.7. The molecule has 0 aliphatic carbocycles. The molecule has 0 saturated heterocycles. The lowest BCUT2D eigenvalue weighted by Gasteiger charge is -2.15. The van der Waals surface area contributed by atoms with Gasteiger partial charge in [0.2, 0.25) is 0 Å². The third-order valence-corrected chi connectivity index (χ3v) is 2.83. The normalized spacial score (nSPS) is 13.0. The van der Waals surface area contributed by atoms with E-state index in [-0.39, 0.29) is 0 Å². The van der Waals surface area contributed by atoms with E-state index in [1.54, 1.807) is 30.3 Å². The van der Waals surface area contributed by atoms with Gasteiger partial charge in [-0.2, -0.15) is 13.2 Å². The lowest BCUT2D eigenvalue weighted by Crippen LogP contribution is -2.24. The van der Waals surface area contributed by atoms with E-state index in [0.29, 0.717) is 5.56 Å². The SMILES string of the molecule is NC(C(=O)c1cnccc1C(F)(F)F)c1ccccc1. The fourth-order valence-electron chi connectivity index (χ4n) is 1.82. The standard InChI is InChI=1S/C14H11F3N2O/c15-14(16,17)11-6-7-19-8-10(11)13(20)12(18)9-4-2-1-3-5-9/h1-8,12H,18H2. The zero-order chi connectivity index (χ0) is 14.8. The topological polar surface area (TPSA) is 56.0 Å². The molecule has 0 aliphatic heterocycles. The monoisotopic (exact) mass is 280 g/mol. The van der Waals surface area contributed by atoms with Gasteiger partial charge in [0.1, 0.15) is 0 Å². The Morgan fingerprint density at radius 3 is 2.40 bits per heavy atom. The van der Waals surface area contributed by atoms with Crippen LogP contribution >= 0.6 is 0 Å². The zero-order valence-corrected chi connectivity index (χ0v) is 10.3. The number of Topliss-reactive ketones (excluding diaryl/α,β-unsaturated/α-hetero) is 1. The number of nitrogens with zero attached hydrogens (tertiary/aromatic N) is 1. The van der Waals surface area contributed by atoms with Crippen molar-refractivity contribution in [2.75, 3.05) is 0 Å². The second-order valence-corrected chi connectivity index (χ2v) is 4.17. The van der Waals surface area contributed by atoms with Crippen LogP contribution in [0.1, 0.15) is 27.5 Å². The molecule has 1 atom stereocenters. The number of alkyl halides is 3. The molecule has 3 nitrogen and oxygen atoms in total. The maximum absolute atomic E-state index is 12.9. The Labute approximate surface area is 113 Å². The van der Waals surface area contributed by atoms with Crippen LogP contribution in [0.15, 0.2) is 48.8 Å². The summed E-state index contributed by atoms with van der Waals surface area (Å²) in [6, 6.07) is 7.85. The Kier molecular flexibility index (Phi) is 3.85. The molecular formula is C14H11F3N2O. The second kappa shape index (κ2) is 5.42. The molecule has 1 aromatic heterocycles. The van der Waals surface area contributed by atoms with Gasteiger partial charge in [0, 0.05) is 12.4 Å². The average molecular weight is 280 g/mol. The predicted octanol–water partition coefficient (Wildman–Crippen LogP) is 2.98. The van der Waals surface area contributed by atoms with Crippen LogP contribution in [0.25, 0.3) is 0 Å². The van der Waals surface area contributed by atoms with Gasteiger partial charge in [0.05, 0.1) is 17.2 Å². The molecular weight excluding hydrogens is 269 g/mol. The van der Waals surface area contributed by atoms with Gasteiger partial charge >= 0.3 is 6.18 Å². The van der Waals surface area contributed by atoms with Gasteiger partial charge < -0.3 is 5.73 Å². The van der Waals surface area contributed by atoms with Gasteiger partial charge in [-0.15, -0.1) is 0 Å². The Bertz CT molecular complexity index is 611. The first-order chi connectivity index (χ1) is 9.41. The first-order valence-electron chi connectivity index (χ1n) is 5.77. The van der Waals surface area contributed by atoms with Crippen molar-refractivity contribution < 1.29 is 18.0 Å². The van der Waals surface area contributed by atoms with Crippen LogP contribution in [0.3, 0.4) is 0 Å². The van der Waals surface area contributed by atoms with Crippen LogP contribution in [0.5, 0.6) is 0 Å². The Hall–Kier alpha value is -2.21. The molecule has 6 heteroatoms. The number of hydrogen-bond donors (Lipinski definition) is 1. The van der Waals surface area contributed by atoms with E-state index in [0.717, 1.165) is 18.5 Å². The Morgan fingerprint density at radius 2 is 1.80 bits per heavy atom. The maximum Gasteiger partial charge on any atom is 0.417 e. The smallest absolute Gasteiger partial charge is 0.318 e. The summed E-state index contributed by atoms with van der Waals surface area (Å²) in [5.41, 5.74) is 4.65. The number of nitrogens with two attached hydrogens (primary N) is 1. The summed E-state index contributed by atoms with van der Waals surface area (Å²) in [6.07, 6.45) is -2.73. The number of rotatable bonds is 3. The van der Waals surface area contributed by atoms with E-state index < -0.39 is 29.1 Å². The summed E-state index contributed by atoms with van der Waals surface area (Å²) < 4.78 is 38.6. The van der Waals surface area contributed by atoms with Crippen LogP contribution in [0.2, 0.25) is 0 Å². The minimum Gasteiger partial charge on any atom is -0.318 e. The fourth-order valence-corrected chi connectivity index (χ4v) is 1.82. The van der Waals surface area contributed by atoms with Crippen molar-refractivity contribution in [1.29, 1.82) is 0 Å². The van der Waals surface area contributed by atoms with E-state index in [2.05, 4.69) is 4.98 Å². The Morgan fingerprint density at radius 1 is 1.15 bits per heavy atom. The number of halogens is 3. The van der Waals surface area contributed by atoms with E-state index in [1.807, 2.05) is 0 Å². The van der Waals surface area contributed by atoms with E-state index >= 15 is 0 Å². The van der Waals surface area contributed by atoms with Crippen molar-refractivity contribution >= 4 is 5.78 Å². The van der Waals surface area contributed by atoms with Gasteiger partial charge in [0.15, 0.2) is 5.78 Å². The highest BCUT2D eigenvalue weighted by atomic mass is 19.4. The zero-order valence-electron chi connectivity index (χ0n) is 10.3. The summed E-state index contributed by atoms with van der Waals surface area (Å²) >= 11 is 0. The molecule has 1 heterocycles. The van der Waals surface area contributed by atoms with E-state index in [9.17, 15) is 18.0 Å². The van der Waals surface area contributed by atoms with Crippen molar-refractivity contribution in [2.45, 2.75) is 12.2 Å². The number of benzene rings is 1. The number of ketones is 1. The van der Waals surface area contributed by atoms with Crippen molar-refractivity contribution in [2.24, 2.45) is 5.73 Å². The minimum atomic E-state index is -4.62. The molecule has 0 fully saturated rings. The fraction of sp³-hybridized carbons (Fsp3) is 0.143. The highest BCUT2D eigenvalue weighted by Gasteiger charge is 2.36. The second-order valence-electron chi connectivity index (χ2n) is 4.17. The molecule has 0 spiro atoms. The van der Waals surface area contributed by atoms with Crippen LogP contribution in [0.4, 0.5) is 13.2 Å². The molecule has 0 aliphatic rings. The first kappa shape index (κ1) is 14.2. The summed E-state index contributed by atoms with van der Waals surface area (Å²) in [6.45, 7) is 0. The number of carbonyl (C=O) groups excluding carboxylic acids is 1. The highest BCUT2D eigenvalue weighted by Crippen LogP contribution is 2.32. The lowest BCUT2D eigenvalue weighted by atomic mass is 9.96. The van der Waals surface area contributed by atoms with Gasteiger partial charge in [0.25, 0.3) is 0 Å². The van der Waals surface area contributed by atoms with Gasteiger partial charge in [-0.3, -0.25) is 9.78 Å². The highest BCUT2D eigenvalue weighted by molar-refractivity contribution is 6.01. The number of carbonyl (C=O) groups is 1. The van der Waals surface area contributed by atoms with Crippen molar-refractivity contribution in [3.05, 3.63) is 65.5 Å². The molecule has 1 unspecified atom stereocenters. The van der Waals surface area contributed by atoms with Crippen LogP contribution < -0.4 is 5.73 Å². The molecule has 0 bridgehead atoms. The molecule has 104 valence electrons. The largest absolute Gasteiger partial charge is 0.417 e. The minimum absolute atomic E-state index is 0.453. The molecule has 0 radical (unpaired) electrons. The van der Waals surface area contributed by atoms with E-state index in [1.165, 1.54) is 0 Å². The lowest BCUT2D eigenvalue weighted by molar-refractivity contribution is -0.138. The van der Waals surface area contributed by atoms with Crippen LogP contribution in [0, 0.1) is 0 Å². The van der Waals surface area contributed by atoms with Crippen molar-refractivity contribution in [3.63, 3.8) is 0 Å². The molecule has 20 heavy (non-hydrogen) atoms. The summed E-state index contributed by atoms with van der Waals surface area (Å²) in [5.74, 6) is -0.809. The number of pyridine rings is 1. The molecule has 1 aromatic carbocycles. The number of hydrogen-bond acceptors (Lipinski definition) is 3. The molecule has 0 saturated carbocycles. The van der Waals surface area contributed by atoms with Crippen LogP contribution in [-0.4, -0.2) is 10.8 Å². The quantitative estimate of drug-likeness (QED) is 0.879. The third kappa shape index (κ3) is 2.85. The predicted molar refractivity (Wildman–Crippen MR) is 66.9 cm³/mol. The van der Waals surface area contributed by atoms with Crippen molar-refractivity contribution in [3.8, 4) is 0 Å². The van der Waals surface area contributed by atoms with Crippen molar-refractivity contribution in [1.82, 2.24) is 4.98 Å². The summed E-state index contributed by atoms with van der Waals surface area (Å²) in [5, 5.41) is 0. The molecule has 0 amide bonds. The molecule has 2 N–H and O–H groups in total. The average Bonchev–Trinajstić information content (AvgIpc) is 2.46.